The number of sulfonamides is 1. The number of anilines is 2. The summed E-state index contributed by atoms with van der Waals surface area (Å²) in [4.78, 5) is 32.9. The zero-order chi connectivity index (χ0) is 25.8. The molecule has 2 aromatic carbocycles. The molecule has 4 N–H and O–H groups in total. The van der Waals surface area contributed by atoms with E-state index in [2.05, 4.69) is 5.32 Å². The van der Waals surface area contributed by atoms with Crippen LogP contribution in [0.4, 0.5) is 11.4 Å². The fourth-order valence-corrected chi connectivity index (χ4v) is 6.57. The number of likely N-dealkylation sites (N-methyl/N-ethyl adjacent to an activating group) is 1. The van der Waals surface area contributed by atoms with Gasteiger partial charge >= 0.3 is 7.60 Å². The van der Waals surface area contributed by atoms with Crippen LogP contribution in [0.15, 0.2) is 41.3 Å². The molecule has 186 valence electrons. The fourth-order valence-electron chi connectivity index (χ4n) is 3.16. The molecule has 0 spiro atoms. The number of halogens is 2. The van der Waals surface area contributed by atoms with Gasteiger partial charge in [0.2, 0.25) is 0 Å². The summed E-state index contributed by atoms with van der Waals surface area (Å²) in [5.41, 5.74) is 0.00162. The van der Waals surface area contributed by atoms with Crippen LogP contribution in [-0.2, 0) is 19.4 Å². The normalized spacial score (nSPS) is 11.7. The van der Waals surface area contributed by atoms with Crippen molar-refractivity contribution >= 4 is 63.8 Å². The molecule has 0 aromatic heterocycles. The van der Waals surface area contributed by atoms with Crippen molar-refractivity contribution < 1.29 is 27.6 Å². The zero-order valence-corrected chi connectivity index (χ0v) is 21.8. The van der Waals surface area contributed by atoms with Crippen LogP contribution in [0.5, 0.6) is 0 Å². The molecular weight excluding hydrogens is 526 g/mol. The molecule has 0 saturated heterocycles. The van der Waals surface area contributed by atoms with E-state index >= 15 is 0 Å². The first-order valence-electron chi connectivity index (χ1n) is 9.98. The van der Waals surface area contributed by atoms with Crippen molar-refractivity contribution in [2.75, 3.05) is 36.0 Å². The summed E-state index contributed by atoms with van der Waals surface area (Å²) < 4.78 is 39.1. The molecule has 0 aliphatic rings. The minimum absolute atomic E-state index is 0.0248. The molecule has 0 heterocycles. The monoisotopic (exact) mass is 550 g/mol. The van der Waals surface area contributed by atoms with E-state index in [1.54, 1.807) is 13.8 Å². The van der Waals surface area contributed by atoms with Gasteiger partial charge in [-0.2, -0.15) is 0 Å². The largest absolute Gasteiger partial charge is 0.388 e. The van der Waals surface area contributed by atoms with Crippen LogP contribution in [0.2, 0.25) is 10.0 Å². The molecule has 0 atom stereocenters. The minimum Gasteiger partial charge on any atom is -0.388 e. The van der Waals surface area contributed by atoms with Crippen molar-refractivity contribution in [3.63, 3.8) is 0 Å². The van der Waals surface area contributed by atoms with Gasteiger partial charge in [-0.05, 0) is 50.2 Å². The van der Waals surface area contributed by atoms with Gasteiger partial charge in [-0.1, -0.05) is 23.2 Å². The average Bonchev–Trinajstić information content (AvgIpc) is 2.76. The van der Waals surface area contributed by atoms with Gasteiger partial charge in [-0.15, -0.1) is 0 Å². The molecule has 34 heavy (non-hydrogen) atoms. The summed E-state index contributed by atoms with van der Waals surface area (Å²) >= 11 is 11.9. The summed E-state index contributed by atoms with van der Waals surface area (Å²) in [5.74, 6) is -0.512. The van der Waals surface area contributed by atoms with E-state index < -0.39 is 29.8 Å². The van der Waals surface area contributed by atoms with Crippen molar-refractivity contribution in [3.8, 4) is 0 Å². The molecule has 1 amide bonds. The Morgan fingerprint density at radius 3 is 2.12 bits per heavy atom. The average molecular weight is 551 g/mol. The predicted octanol–water partition coefficient (Wildman–Crippen LogP) is 3.60. The van der Waals surface area contributed by atoms with Gasteiger partial charge in [0.1, 0.15) is 12.0 Å². The van der Waals surface area contributed by atoms with Gasteiger partial charge in [-0.25, -0.2) is 8.42 Å². The van der Waals surface area contributed by atoms with Crippen LogP contribution in [-0.4, -0.2) is 61.1 Å². The highest BCUT2D eigenvalue weighted by molar-refractivity contribution is 7.93. The Bertz CT molecular complexity index is 1230. The number of nitrogens with one attached hydrogen (secondary N) is 2. The summed E-state index contributed by atoms with van der Waals surface area (Å²) in [6.07, 6.45) is -1.15. The van der Waals surface area contributed by atoms with Crippen LogP contribution in [0.1, 0.15) is 19.4 Å². The minimum atomic E-state index is -4.86. The summed E-state index contributed by atoms with van der Waals surface area (Å²) in [6.45, 7) is 4.37. The standard InChI is InChI=1S/C20H25Cl2N4O6PS/c1-4-25(5-2)20(27)19(23)17-7-6-15(11-18(17)24-3)26(12-33(28,29)30)34(31,32)16-9-13(21)8-14(22)10-16/h6-11,23-24H,4-5,12H2,1-3H3,(H2,28,29,30). The lowest BCUT2D eigenvalue weighted by atomic mass is 10.1. The highest BCUT2D eigenvalue weighted by Crippen LogP contribution is 2.40. The number of amides is 1. The Balaban J connectivity index is 2.64. The maximum absolute atomic E-state index is 13.4. The number of rotatable bonds is 10. The Kier molecular flexibility index (Phi) is 9.15. The van der Waals surface area contributed by atoms with Crippen molar-refractivity contribution in [2.24, 2.45) is 0 Å². The molecule has 0 unspecified atom stereocenters. The van der Waals surface area contributed by atoms with E-state index in [1.165, 1.54) is 36.2 Å². The lowest BCUT2D eigenvalue weighted by Gasteiger charge is -2.26. The first kappa shape index (κ1) is 28.1. The smallest absolute Gasteiger partial charge is 0.345 e. The van der Waals surface area contributed by atoms with Crippen LogP contribution in [0.25, 0.3) is 0 Å². The summed E-state index contributed by atoms with van der Waals surface area (Å²) in [5, 5.41) is 11.2. The molecule has 2 rings (SSSR count). The third-order valence-electron chi connectivity index (χ3n) is 4.83. The number of carbonyl (C=O) groups is 1. The van der Waals surface area contributed by atoms with Crippen LogP contribution < -0.4 is 9.62 Å². The number of carbonyl (C=O) groups excluding carboxylic acids is 1. The van der Waals surface area contributed by atoms with Gasteiger partial charge in [0.25, 0.3) is 15.9 Å². The SMILES string of the molecule is CCN(CC)C(=O)C(=N)c1ccc(N(CP(=O)(O)O)S(=O)(=O)c2cc(Cl)cc(Cl)c2)cc1NC. The molecule has 0 fully saturated rings. The van der Waals surface area contributed by atoms with Crippen molar-refractivity contribution in [1.82, 2.24) is 4.90 Å². The number of benzene rings is 2. The van der Waals surface area contributed by atoms with Crippen molar-refractivity contribution in [2.45, 2.75) is 18.7 Å². The van der Waals surface area contributed by atoms with E-state index in [1.807, 2.05) is 0 Å². The van der Waals surface area contributed by atoms with Crippen LogP contribution in [0.3, 0.4) is 0 Å². The Hall–Kier alpha value is -2.14. The zero-order valence-electron chi connectivity index (χ0n) is 18.6. The molecule has 0 radical (unpaired) electrons. The van der Waals surface area contributed by atoms with Gasteiger partial charge in [-0.3, -0.25) is 19.1 Å². The quantitative estimate of drug-likeness (QED) is 0.260. The van der Waals surface area contributed by atoms with E-state index in [0.29, 0.717) is 17.4 Å². The van der Waals surface area contributed by atoms with Gasteiger partial charge < -0.3 is 20.0 Å². The van der Waals surface area contributed by atoms with E-state index in [4.69, 9.17) is 28.6 Å². The van der Waals surface area contributed by atoms with Gasteiger partial charge in [0, 0.05) is 41.4 Å². The Morgan fingerprint density at radius 1 is 1.09 bits per heavy atom. The number of nitrogens with zero attached hydrogens (tertiary/aromatic N) is 2. The molecule has 0 aliphatic carbocycles. The topological polar surface area (TPSA) is 151 Å². The summed E-state index contributed by atoms with van der Waals surface area (Å²) in [6, 6.07) is 7.45. The van der Waals surface area contributed by atoms with E-state index in [-0.39, 0.29) is 37.6 Å². The molecular formula is C20H25Cl2N4O6PS. The predicted molar refractivity (Wildman–Crippen MR) is 134 cm³/mol. The Labute approximate surface area is 208 Å². The molecule has 2 aromatic rings. The number of hydrogen-bond acceptors (Lipinski definition) is 6. The van der Waals surface area contributed by atoms with Crippen LogP contribution in [0, 0.1) is 5.41 Å². The summed E-state index contributed by atoms with van der Waals surface area (Å²) in [7, 11) is -7.86. The van der Waals surface area contributed by atoms with Crippen molar-refractivity contribution in [1.29, 1.82) is 5.41 Å². The lowest BCUT2D eigenvalue weighted by molar-refractivity contribution is -0.123. The van der Waals surface area contributed by atoms with E-state index in [0.717, 1.165) is 12.1 Å². The molecule has 14 heteroatoms. The second-order valence-electron chi connectivity index (χ2n) is 7.10. The van der Waals surface area contributed by atoms with Gasteiger partial charge in [0.15, 0.2) is 0 Å². The second kappa shape index (κ2) is 11.1. The highest BCUT2D eigenvalue weighted by atomic mass is 35.5. The lowest BCUT2D eigenvalue weighted by Crippen LogP contribution is -2.36. The second-order valence-corrected chi connectivity index (χ2v) is 11.4. The molecule has 10 nitrogen and oxygen atoms in total. The highest BCUT2D eigenvalue weighted by Gasteiger charge is 2.32. The Morgan fingerprint density at radius 2 is 1.65 bits per heavy atom. The third kappa shape index (κ3) is 6.50. The first-order valence-corrected chi connectivity index (χ1v) is 14.0. The third-order valence-corrected chi connectivity index (χ3v) is 7.86. The molecule has 0 aliphatic heterocycles. The first-order chi connectivity index (χ1) is 15.7. The van der Waals surface area contributed by atoms with Gasteiger partial charge in [0.05, 0.1) is 10.6 Å². The fraction of sp³-hybridized carbons (Fsp3) is 0.300. The van der Waals surface area contributed by atoms with E-state index in [9.17, 15) is 27.6 Å². The molecule has 0 saturated carbocycles. The maximum Gasteiger partial charge on any atom is 0.345 e. The number of hydrogen-bond donors (Lipinski definition) is 4. The van der Waals surface area contributed by atoms with Crippen molar-refractivity contribution in [3.05, 3.63) is 52.0 Å². The van der Waals surface area contributed by atoms with Crippen LogP contribution >= 0.6 is 30.8 Å². The maximum atomic E-state index is 13.4. The molecule has 0 bridgehead atoms.